The lowest BCUT2D eigenvalue weighted by atomic mass is 10.1. The van der Waals surface area contributed by atoms with Crippen LogP contribution in [0.25, 0.3) is 0 Å². The molecule has 0 heterocycles. The highest BCUT2D eigenvalue weighted by molar-refractivity contribution is 7.53. The molecule has 0 fully saturated rings. The zero-order valence-electron chi connectivity index (χ0n) is 10.1. The van der Waals surface area contributed by atoms with E-state index in [-0.39, 0.29) is 6.16 Å². The third-order valence-electron chi connectivity index (χ3n) is 2.41. The van der Waals surface area contributed by atoms with Crippen LogP contribution in [-0.4, -0.2) is 11.1 Å². The van der Waals surface area contributed by atoms with Crippen molar-refractivity contribution in [2.45, 2.75) is 33.6 Å². The highest BCUT2D eigenvalue weighted by atomic mass is 31.2. The van der Waals surface area contributed by atoms with Gasteiger partial charge in [-0.05, 0) is 30.9 Å². The molecule has 90 valence electrons. The minimum atomic E-state index is -3.48. The third-order valence-corrected chi connectivity index (χ3v) is 3.89. The van der Waals surface area contributed by atoms with Gasteiger partial charge in [0.05, 0.1) is 6.16 Å². The molecule has 0 saturated carbocycles. The minimum absolute atomic E-state index is 0.199. The Bertz CT molecular complexity index is 401. The molecule has 3 nitrogen and oxygen atoms in total. The lowest BCUT2D eigenvalue weighted by Crippen LogP contribution is -2.00. The first kappa shape index (κ1) is 13.3. The summed E-state index contributed by atoms with van der Waals surface area (Å²) in [6, 6.07) is 5.75. The zero-order valence-corrected chi connectivity index (χ0v) is 11.0. The van der Waals surface area contributed by atoms with Crippen molar-refractivity contribution >= 4 is 7.60 Å². The number of aryl methyl sites for hydroxylation is 2. The zero-order chi connectivity index (χ0) is 12.2. The summed E-state index contributed by atoms with van der Waals surface area (Å²) in [5.41, 5.74) is 1.88. The fraction of sp³-hybridized carbons (Fsp3) is 0.500. The van der Waals surface area contributed by atoms with Gasteiger partial charge in [-0.3, -0.25) is 0 Å². The largest absolute Gasteiger partial charge is 0.424 e. The molecule has 0 aliphatic carbocycles. The van der Waals surface area contributed by atoms with Crippen molar-refractivity contribution in [1.29, 1.82) is 0 Å². The Labute approximate surface area is 97.0 Å². The van der Waals surface area contributed by atoms with E-state index >= 15 is 0 Å². The van der Waals surface area contributed by atoms with Crippen LogP contribution in [0.5, 0.6) is 5.75 Å². The van der Waals surface area contributed by atoms with E-state index in [2.05, 4.69) is 0 Å². The summed E-state index contributed by atoms with van der Waals surface area (Å²) < 4.78 is 17.0. The lowest BCUT2D eigenvalue weighted by molar-refractivity contribution is 0.376. The summed E-state index contributed by atoms with van der Waals surface area (Å²) in [5.74, 6) is 0.573. The average molecular weight is 242 g/mol. The van der Waals surface area contributed by atoms with Crippen LogP contribution in [0.15, 0.2) is 18.2 Å². The van der Waals surface area contributed by atoms with Crippen LogP contribution >= 0.6 is 7.60 Å². The lowest BCUT2D eigenvalue weighted by Gasteiger charge is -2.17. The second kappa shape index (κ2) is 5.51. The van der Waals surface area contributed by atoms with Gasteiger partial charge in [0.1, 0.15) is 5.75 Å². The van der Waals surface area contributed by atoms with Crippen molar-refractivity contribution in [3.05, 3.63) is 29.3 Å². The standard InChI is InChI=1S/C12H19O3P/c1-4-9-16(13,14)15-12-10(3)7-6-8-11(12)5-2/h6-8H,4-5,9H2,1-3H3,(H,13,14). The van der Waals surface area contributed by atoms with Gasteiger partial charge in [-0.15, -0.1) is 0 Å². The van der Waals surface area contributed by atoms with Gasteiger partial charge in [0.2, 0.25) is 0 Å². The van der Waals surface area contributed by atoms with Crippen LogP contribution < -0.4 is 4.52 Å². The van der Waals surface area contributed by atoms with Crippen LogP contribution in [0.3, 0.4) is 0 Å². The quantitative estimate of drug-likeness (QED) is 0.803. The van der Waals surface area contributed by atoms with Gasteiger partial charge in [-0.25, -0.2) is 4.57 Å². The second-order valence-electron chi connectivity index (χ2n) is 3.87. The van der Waals surface area contributed by atoms with Crippen molar-refractivity contribution in [1.82, 2.24) is 0 Å². The summed E-state index contributed by atoms with van der Waals surface area (Å²) >= 11 is 0. The molecule has 0 aliphatic rings. The molecule has 1 aromatic rings. The number of rotatable bonds is 5. The van der Waals surface area contributed by atoms with Crippen molar-refractivity contribution in [3.8, 4) is 5.75 Å². The Morgan fingerprint density at radius 1 is 1.38 bits per heavy atom. The van der Waals surface area contributed by atoms with E-state index in [0.29, 0.717) is 12.2 Å². The summed E-state index contributed by atoms with van der Waals surface area (Å²) in [4.78, 5) is 9.65. The molecule has 4 heteroatoms. The molecule has 1 atom stereocenters. The predicted molar refractivity (Wildman–Crippen MR) is 66.2 cm³/mol. The van der Waals surface area contributed by atoms with E-state index < -0.39 is 7.60 Å². The molecule has 0 radical (unpaired) electrons. The van der Waals surface area contributed by atoms with Crippen molar-refractivity contribution < 1.29 is 14.0 Å². The van der Waals surface area contributed by atoms with Crippen LogP contribution in [-0.2, 0) is 11.0 Å². The Balaban J connectivity index is 3.00. The van der Waals surface area contributed by atoms with Gasteiger partial charge in [0, 0.05) is 0 Å². The van der Waals surface area contributed by atoms with Crippen molar-refractivity contribution in [2.75, 3.05) is 6.16 Å². The number of benzene rings is 1. The molecule has 1 rings (SSSR count). The topological polar surface area (TPSA) is 46.5 Å². The fourth-order valence-corrected chi connectivity index (χ4v) is 2.80. The molecule has 0 saturated heterocycles. The predicted octanol–water partition coefficient (Wildman–Crippen LogP) is 3.53. The molecule has 1 N–H and O–H groups in total. The van der Waals surface area contributed by atoms with E-state index in [4.69, 9.17) is 4.52 Å². The Hall–Kier alpha value is -0.790. The van der Waals surface area contributed by atoms with E-state index in [0.717, 1.165) is 17.5 Å². The summed E-state index contributed by atoms with van der Waals surface area (Å²) in [6.07, 6.45) is 1.63. The maximum atomic E-state index is 11.7. The van der Waals surface area contributed by atoms with Gasteiger partial charge in [-0.1, -0.05) is 32.0 Å². The van der Waals surface area contributed by atoms with Gasteiger partial charge in [0.25, 0.3) is 0 Å². The second-order valence-corrected chi connectivity index (χ2v) is 5.77. The molecular formula is C12H19O3P. The highest BCUT2D eigenvalue weighted by Crippen LogP contribution is 2.45. The molecule has 16 heavy (non-hydrogen) atoms. The fourth-order valence-electron chi connectivity index (χ4n) is 1.59. The van der Waals surface area contributed by atoms with Gasteiger partial charge >= 0.3 is 7.60 Å². The molecule has 1 aromatic carbocycles. The number of hydrogen-bond acceptors (Lipinski definition) is 2. The highest BCUT2D eigenvalue weighted by Gasteiger charge is 2.21. The molecule has 0 spiro atoms. The van der Waals surface area contributed by atoms with Crippen LogP contribution in [0.4, 0.5) is 0 Å². The van der Waals surface area contributed by atoms with Crippen molar-refractivity contribution in [3.63, 3.8) is 0 Å². The Morgan fingerprint density at radius 3 is 2.62 bits per heavy atom. The maximum absolute atomic E-state index is 11.7. The Morgan fingerprint density at radius 2 is 2.06 bits per heavy atom. The normalized spacial score (nSPS) is 14.5. The van der Waals surface area contributed by atoms with E-state index in [1.54, 1.807) is 0 Å². The first-order valence-electron chi connectivity index (χ1n) is 5.60. The molecule has 0 aliphatic heterocycles. The van der Waals surface area contributed by atoms with E-state index in [1.165, 1.54) is 0 Å². The van der Waals surface area contributed by atoms with Crippen LogP contribution in [0.1, 0.15) is 31.4 Å². The van der Waals surface area contributed by atoms with Crippen molar-refractivity contribution in [2.24, 2.45) is 0 Å². The first-order valence-corrected chi connectivity index (χ1v) is 7.36. The van der Waals surface area contributed by atoms with Gasteiger partial charge < -0.3 is 9.42 Å². The molecule has 0 amide bonds. The minimum Gasteiger partial charge on any atom is -0.424 e. The number of para-hydroxylation sites is 1. The molecule has 0 aromatic heterocycles. The smallest absolute Gasteiger partial charge is 0.376 e. The third kappa shape index (κ3) is 3.36. The maximum Gasteiger partial charge on any atom is 0.376 e. The first-order chi connectivity index (χ1) is 7.50. The molecular weight excluding hydrogens is 223 g/mol. The number of hydrogen-bond donors (Lipinski definition) is 1. The molecule has 0 bridgehead atoms. The Kier molecular flexibility index (Phi) is 4.57. The summed E-state index contributed by atoms with van der Waals surface area (Å²) in [5, 5.41) is 0. The van der Waals surface area contributed by atoms with Gasteiger partial charge in [-0.2, -0.15) is 0 Å². The monoisotopic (exact) mass is 242 g/mol. The van der Waals surface area contributed by atoms with Crippen LogP contribution in [0, 0.1) is 6.92 Å². The van der Waals surface area contributed by atoms with Crippen LogP contribution in [0.2, 0.25) is 0 Å². The van der Waals surface area contributed by atoms with Gasteiger partial charge in [0.15, 0.2) is 0 Å². The summed E-state index contributed by atoms with van der Waals surface area (Å²) in [6.45, 7) is 5.76. The SMILES string of the molecule is CCCP(=O)(O)Oc1c(C)cccc1CC. The average Bonchev–Trinajstić information content (AvgIpc) is 2.20. The van der Waals surface area contributed by atoms with E-state index in [9.17, 15) is 9.46 Å². The molecule has 1 unspecified atom stereocenters. The summed E-state index contributed by atoms with van der Waals surface area (Å²) in [7, 11) is -3.48. The van der Waals surface area contributed by atoms with E-state index in [1.807, 2.05) is 39.0 Å².